The Bertz CT molecular complexity index is 955. The van der Waals surface area contributed by atoms with Crippen LogP contribution in [0.1, 0.15) is 11.3 Å². The van der Waals surface area contributed by atoms with Crippen molar-refractivity contribution in [1.29, 1.82) is 0 Å². The van der Waals surface area contributed by atoms with E-state index in [1.165, 1.54) is 10.5 Å². The van der Waals surface area contributed by atoms with Gasteiger partial charge in [0.05, 0.1) is 10.7 Å². The summed E-state index contributed by atoms with van der Waals surface area (Å²) in [6.07, 6.45) is 1.56. The lowest BCUT2D eigenvalue weighted by Crippen LogP contribution is -2.22. The molecule has 0 saturated heterocycles. The lowest BCUT2D eigenvalue weighted by molar-refractivity contribution is 0.315. The average Bonchev–Trinajstić information content (AvgIpc) is 2.51. The molecule has 124 valence electrons. The normalized spacial score (nSPS) is 11.4. The number of hydrogen-bond donors (Lipinski definition) is 0. The maximum absolute atomic E-state index is 12.2. The molecule has 2 heterocycles. The number of aromatic nitrogens is 2. The second-order valence-corrected chi connectivity index (χ2v) is 6.85. The molecule has 0 spiro atoms. The Labute approximate surface area is 154 Å². The summed E-state index contributed by atoms with van der Waals surface area (Å²) in [5.41, 5.74) is 2.07. The van der Waals surface area contributed by atoms with Crippen LogP contribution in [0.4, 0.5) is 0 Å². The highest BCUT2D eigenvalue weighted by Crippen LogP contribution is 2.22. The molecule has 4 nitrogen and oxygen atoms in total. The Kier molecular flexibility index (Phi) is 5.11. The van der Waals surface area contributed by atoms with Gasteiger partial charge in [0.2, 0.25) is 0 Å². The van der Waals surface area contributed by atoms with Crippen LogP contribution in [-0.2, 0) is 13.1 Å². The first-order chi connectivity index (χ1) is 11.4. The molecule has 0 amide bonds. The molecular weight excluding hydrogens is 369 g/mol. The topological polar surface area (TPSA) is 37.6 Å². The predicted octanol–water partition coefficient (Wildman–Crippen LogP) is 4.29. The molecule has 0 radical (unpaired) electrons. The Morgan fingerprint density at radius 2 is 1.79 bits per heavy atom. The molecule has 0 aliphatic rings. The van der Waals surface area contributed by atoms with Gasteiger partial charge in [0.25, 0.3) is 5.56 Å². The molecule has 1 aromatic carbocycles. The van der Waals surface area contributed by atoms with Gasteiger partial charge in [0, 0.05) is 35.4 Å². The van der Waals surface area contributed by atoms with Crippen molar-refractivity contribution in [3.63, 3.8) is 0 Å². The summed E-state index contributed by atoms with van der Waals surface area (Å²) in [4.78, 5) is 18.7. The third-order valence-corrected chi connectivity index (χ3v) is 4.37. The van der Waals surface area contributed by atoms with Crippen LogP contribution in [0.3, 0.4) is 0 Å². The van der Waals surface area contributed by atoms with E-state index in [-0.39, 0.29) is 5.56 Å². The molecule has 0 unspecified atom stereocenters. The van der Waals surface area contributed by atoms with Crippen molar-refractivity contribution in [2.24, 2.45) is 0 Å². The lowest BCUT2D eigenvalue weighted by atomic mass is 10.2. The van der Waals surface area contributed by atoms with Gasteiger partial charge in [-0.25, -0.2) is 4.98 Å². The van der Waals surface area contributed by atoms with Crippen LogP contribution in [0.5, 0.6) is 0 Å². The van der Waals surface area contributed by atoms with Gasteiger partial charge in [0.1, 0.15) is 5.65 Å². The summed E-state index contributed by atoms with van der Waals surface area (Å²) in [5.74, 6) is 0. The minimum atomic E-state index is -0.157. The van der Waals surface area contributed by atoms with Gasteiger partial charge in [-0.15, -0.1) is 0 Å². The third kappa shape index (κ3) is 3.90. The maximum Gasteiger partial charge on any atom is 0.258 e. The van der Waals surface area contributed by atoms with Gasteiger partial charge in [-0.2, -0.15) is 0 Å². The van der Waals surface area contributed by atoms with E-state index in [0.717, 1.165) is 5.56 Å². The minimum absolute atomic E-state index is 0.157. The van der Waals surface area contributed by atoms with Crippen LogP contribution in [0, 0.1) is 0 Å². The third-order valence-electron chi connectivity index (χ3n) is 3.56. The van der Waals surface area contributed by atoms with Crippen molar-refractivity contribution in [1.82, 2.24) is 14.3 Å². The molecule has 0 aliphatic carbocycles. The van der Waals surface area contributed by atoms with Gasteiger partial charge in [-0.1, -0.05) is 40.9 Å². The van der Waals surface area contributed by atoms with E-state index in [0.29, 0.717) is 39.5 Å². The highest BCUT2D eigenvalue weighted by molar-refractivity contribution is 6.35. The molecule has 2 aromatic heterocycles. The van der Waals surface area contributed by atoms with E-state index in [1.807, 2.05) is 18.0 Å². The first-order valence-corrected chi connectivity index (χ1v) is 8.36. The Balaban J connectivity index is 1.81. The zero-order valence-electron chi connectivity index (χ0n) is 12.8. The number of halogens is 3. The second-order valence-electron chi connectivity index (χ2n) is 5.57. The van der Waals surface area contributed by atoms with Gasteiger partial charge < -0.3 is 0 Å². The molecule has 0 aliphatic heterocycles. The van der Waals surface area contributed by atoms with Crippen molar-refractivity contribution in [3.05, 3.63) is 79.3 Å². The Morgan fingerprint density at radius 3 is 2.54 bits per heavy atom. The molecule has 7 heteroatoms. The van der Waals surface area contributed by atoms with Crippen molar-refractivity contribution in [2.75, 3.05) is 7.05 Å². The van der Waals surface area contributed by atoms with Gasteiger partial charge in [-0.05, 0) is 36.9 Å². The number of nitrogens with zero attached hydrogens (tertiary/aromatic N) is 3. The lowest BCUT2D eigenvalue weighted by Gasteiger charge is -2.17. The van der Waals surface area contributed by atoms with Crippen LogP contribution in [0.15, 0.2) is 47.4 Å². The van der Waals surface area contributed by atoms with E-state index in [2.05, 4.69) is 4.98 Å². The number of pyridine rings is 1. The molecule has 0 bridgehead atoms. The van der Waals surface area contributed by atoms with E-state index in [1.54, 1.807) is 30.5 Å². The first kappa shape index (κ1) is 17.2. The molecule has 3 aromatic rings. The van der Waals surface area contributed by atoms with Crippen LogP contribution < -0.4 is 5.56 Å². The van der Waals surface area contributed by atoms with Crippen LogP contribution in [0.25, 0.3) is 5.65 Å². The molecule has 0 saturated carbocycles. The van der Waals surface area contributed by atoms with Crippen LogP contribution in [-0.4, -0.2) is 21.3 Å². The number of hydrogen-bond acceptors (Lipinski definition) is 3. The summed E-state index contributed by atoms with van der Waals surface area (Å²) in [6.45, 7) is 1.14. The number of benzene rings is 1. The van der Waals surface area contributed by atoms with Crippen molar-refractivity contribution in [2.45, 2.75) is 13.1 Å². The smallest absolute Gasteiger partial charge is 0.258 e. The van der Waals surface area contributed by atoms with E-state index >= 15 is 0 Å². The average molecular weight is 383 g/mol. The molecule has 0 atom stereocenters. The van der Waals surface area contributed by atoms with Crippen molar-refractivity contribution >= 4 is 40.4 Å². The molecule has 3 rings (SSSR count). The summed E-state index contributed by atoms with van der Waals surface area (Å²) >= 11 is 18.0. The van der Waals surface area contributed by atoms with Crippen LogP contribution >= 0.6 is 34.8 Å². The maximum atomic E-state index is 12.2. The Hall–Kier alpha value is -1.59. The number of rotatable bonds is 4. The zero-order chi connectivity index (χ0) is 17.3. The summed E-state index contributed by atoms with van der Waals surface area (Å²) < 4.78 is 1.43. The predicted molar refractivity (Wildman–Crippen MR) is 98.1 cm³/mol. The standard InChI is InChI=1S/C17H14Cl3N3O/c1-22(8-11-2-3-12(18)6-15(11)20)10-14-7-17(24)23-9-13(19)4-5-16(23)21-14/h2-7,9H,8,10H2,1H3. The van der Waals surface area contributed by atoms with Gasteiger partial charge in [0.15, 0.2) is 0 Å². The van der Waals surface area contributed by atoms with Crippen LogP contribution in [0.2, 0.25) is 15.1 Å². The second kappa shape index (κ2) is 7.11. The fourth-order valence-corrected chi connectivity index (χ4v) is 3.11. The fraction of sp³-hybridized carbons (Fsp3) is 0.176. The first-order valence-electron chi connectivity index (χ1n) is 7.23. The zero-order valence-corrected chi connectivity index (χ0v) is 15.1. The largest absolute Gasteiger partial charge is 0.296 e. The van der Waals surface area contributed by atoms with E-state index in [4.69, 9.17) is 34.8 Å². The van der Waals surface area contributed by atoms with Gasteiger partial charge >= 0.3 is 0 Å². The Morgan fingerprint density at radius 1 is 1.04 bits per heavy atom. The number of fused-ring (bicyclic) bond motifs is 1. The molecular formula is C17H14Cl3N3O. The quantitative estimate of drug-likeness (QED) is 0.675. The molecule has 0 N–H and O–H groups in total. The summed E-state index contributed by atoms with van der Waals surface area (Å²) in [6, 6.07) is 10.4. The van der Waals surface area contributed by atoms with E-state index < -0.39 is 0 Å². The summed E-state index contributed by atoms with van der Waals surface area (Å²) in [7, 11) is 1.94. The van der Waals surface area contributed by atoms with Crippen molar-refractivity contribution < 1.29 is 0 Å². The monoisotopic (exact) mass is 381 g/mol. The molecule has 0 fully saturated rings. The van der Waals surface area contributed by atoms with E-state index in [9.17, 15) is 4.79 Å². The minimum Gasteiger partial charge on any atom is -0.296 e. The van der Waals surface area contributed by atoms with Gasteiger partial charge in [-0.3, -0.25) is 14.1 Å². The fourth-order valence-electron chi connectivity index (χ4n) is 2.48. The summed E-state index contributed by atoms with van der Waals surface area (Å²) in [5, 5.41) is 1.72. The van der Waals surface area contributed by atoms with Crippen molar-refractivity contribution in [3.8, 4) is 0 Å². The SMILES string of the molecule is CN(Cc1cc(=O)n2cc(Cl)ccc2n1)Cc1ccc(Cl)cc1Cl. The molecule has 24 heavy (non-hydrogen) atoms. The highest BCUT2D eigenvalue weighted by Gasteiger charge is 2.09. The highest BCUT2D eigenvalue weighted by atomic mass is 35.5.